The Hall–Kier alpha value is -2.56. The minimum Gasteiger partial charge on any atom is -0.463 e. The van der Waals surface area contributed by atoms with Gasteiger partial charge in [-0.15, -0.1) is 0 Å². The summed E-state index contributed by atoms with van der Waals surface area (Å²) in [5.41, 5.74) is 8.16. The lowest BCUT2D eigenvalue weighted by Gasteiger charge is -2.08. The summed E-state index contributed by atoms with van der Waals surface area (Å²) in [5.74, 6) is 0.239. The highest BCUT2D eigenvalue weighted by Gasteiger charge is 2.14. The number of ether oxygens (including phenoxy) is 1. The molecule has 29 heavy (non-hydrogen) atoms. The lowest BCUT2D eigenvalue weighted by atomic mass is 10.2. The highest BCUT2D eigenvalue weighted by atomic mass is 31.2. The Labute approximate surface area is 167 Å². The maximum atomic E-state index is 10.7. The van der Waals surface area contributed by atoms with Gasteiger partial charge in [0.05, 0.1) is 19.5 Å². The molecule has 0 aliphatic rings. The quantitative estimate of drug-likeness (QED) is 0.278. The SMILES string of the molecule is N.Nc1nc(OCCc2ccccc2)nc2c1ncn2CCCCOP(=O)(O)O. The fraction of sp³-hybridized carbons (Fsp3) is 0.353. The fourth-order valence-corrected chi connectivity index (χ4v) is 3.01. The molecule has 11 nitrogen and oxygen atoms in total. The van der Waals surface area contributed by atoms with Crippen molar-refractivity contribution in [3.05, 3.63) is 42.2 Å². The zero-order valence-electron chi connectivity index (χ0n) is 15.8. The number of phosphoric ester groups is 1. The van der Waals surface area contributed by atoms with Gasteiger partial charge in [-0.05, 0) is 18.4 Å². The molecular formula is C17H25N6O5P. The molecule has 1 aromatic carbocycles. The molecular weight excluding hydrogens is 399 g/mol. The van der Waals surface area contributed by atoms with E-state index in [2.05, 4.69) is 19.5 Å². The van der Waals surface area contributed by atoms with E-state index in [0.29, 0.717) is 37.2 Å². The number of anilines is 1. The summed E-state index contributed by atoms with van der Waals surface area (Å²) in [4.78, 5) is 30.1. The molecule has 0 atom stereocenters. The predicted molar refractivity (Wildman–Crippen MR) is 108 cm³/mol. The number of unbranched alkanes of at least 4 members (excludes halogenated alkanes) is 1. The molecule has 0 bridgehead atoms. The number of nitrogens with zero attached hydrogens (tertiary/aromatic N) is 4. The van der Waals surface area contributed by atoms with E-state index in [-0.39, 0.29) is 24.6 Å². The third-order valence-corrected chi connectivity index (χ3v) is 4.51. The van der Waals surface area contributed by atoms with E-state index in [1.807, 2.05) is 30.3 Å². The minimum absolute atomic E-state index is 0. The van der Waals surface area contributed by atoms with Crippen LogP contribution in [-0.2, 0) is 22.1 Å². The van der Waals surface area contributed by atoms with Crippen LogP contribution in [0.4, 0.5) is 5.82 Å². The summed E-state index contributed by atoms with van der Waals surface area (Å²) in [5, 5.41) is 0. The molecule has 0 amide bonds. The van der Waals surface area contributed by atoms with Crippen LogP contribution in [0.1, 0.15) is 18.4 Å². The van der Waals surface area contributed by atoms with Crippen molar-refractivity contribution in [1.29, 1.82) is 0 Å². The Morgan fingerprint density at radius 2 is 1.86 bits per heavy atom. The Morgan fingerprint density at radius 1 is 1.10 bits per heavy atom. The molecule has 0 fully saturated rings. The van der Waals surface area contributed by atoms with E-state index in [9.17, 15) is 4.57 Å². The van der Waals surface area contributed by atoms with E-state index < -0.39 is 7.82 Å². The largest absolute Gasteiger partial charge is 0.469 e. The Kier molecular flexibility index (Phi) is 8.06. The van der Waals surface area contributed by atoms with Gasteiger partial charge in [0.25, 0.3) is 0 Å². The topological polar surface area (TPSA) is 181 Å². The highest BCUT2D eigenvalue weighted by molar-refractivity contribution is 7.46. The second-order valence-corrected chi connectivity index (χ2v) is 7.36. The molecule has 2 aromatic heterocycles. The van der Waals surface area contributed by atoms with Crippen molar-refractivity contribution in [3.8, 4) is 6.01 Å². The van der Waals surface area contributed by atoms with Crippen LogP contribution in [0.15, 0.2) is 36.7 Å². The second kappa shape index (κ2) is 10.3. The molecule has 2 heterocycles. The first-order valence-corrected chi connectivity index (χ1v) is 10.3. The number of hydrogen-bond donors (Lipinski definition) is 4. The lowest BCUT2D eigenvalue weighted by Crippen LogP contribution is -2.07. The van der Waals surface area contributed by atoms with E-state index >= 15 is 0 Å². The van der Waals surface area contributed by atoms with Gasteiger partial charge in [0.2, 0.25) is 0 Å². The number of nitrogen functional groups attached to an aromatic ring is 1. The summed E-state index contributed by atoms with van der Waals surface area (Å²) in [7, 11) is -4.42. The van der Waals surface area contributed by atoms with Gasteiger partial charge in [-0.2, -0.15) is 9.97 Å². The maximum absolute atomic E-state index is 10.7. The first-order valence-electron chi connectivity index (χ1n) is 8.77. The normalized spacial score (nSPS) is 11.4. The van der Waals surface area contributed by atoms with Crippen LogP contribution in [0.25, 0.3) is 11.2 Å². The zero-order chi connectivity index (χ0) is 20.0. The summed E-state index contributed by atoms with van der Waals surface area (Å²) < 4.78 is 22.5. The summed E-state index contributed by atoms with van der Waals surface area (Å²) in [6.07, 6.45) is 3.43. The third-order valence-electron chi connectivity index (χ3n) is 3.99. The van der Waals surface area contributed by atoms with Crippen LogP contribution in [0, 0.1) is 0 Å². The van der Waals surface area contributed by atoms with Gasteiger partial charge in [-0.3, -0.25) is 4.52 Å². The van der Waals surface area contributed by atoms with Crippen LogP contribution in [0.2, 0.25) is 0 Å². The van der Waals surface area contributed by atoms with Crippen LogP contribution in [-0.4, -0.2) is 42.5 Å². The summed E-state index contributed by atoms with van der Waals surface area (Å²) in [6, 6.07) is 10.1. The van der Waals surface area contributed by atoms with Crippen LogP contribution in [0.3, 0.4) is 0 Å². The number of imidazole rings is 1. The average Bonchev–Trinajstić information content (AvgIpc) is 3.05. The first kappa shape index (κ1) is 22.7. The van der Waals surface area contributed by atoms with Crippen LogP contribution in [0.5, 0.6) is 6.01 Å². The van der Waals surface area contributed by atoms with Crippen LogP contribution < -0.4 is 16.6 Å². The van der Waals surface area contributed by atoms with Gasteiger partial charge >= 0.3 is 13.8 Å². The molecule has 0 aliphatic heterocycles. The number of nitrogens with two attached hydrogens (primary N) is 1. The molecule has 3 aromatic rings. The maximum Gasteiger partial charge on any atom is 0.469 e. The van der Waals surface area contributed by atoms with Crippen molar-refractivity contribution in [2.24, 2.45) is 0 Å². The van der Waals surface area contributed by atoms with Crippen molar-refractivity contribution in [2.45, 2.75) is 25.8 Å². The second-order valence-electron chi connectivity index (χ2n) is 6.12. The zero-order valence-corrected chi connectivity index (χ0v) is 16.7. The minimum atomic E-state index is -4.42. The Morgan fingerprint density at radius 3 is 2.59 bits per heavy atom. The number of benzene rings is 1. The van der Waals surface area contributed by atoms with E-state index in [1.165, 1.54) is 0 Å². The molecule has 0 saturated carbocycles. The van der Waals surface area contributed by atoms with Gasteiger partial charge in [-0.25, -0.2) is 9.55 Å². The van der Waals surface area contributed by atoms with Crippen molar-refractivity contribution in [3.63, 3.8) is 0 Å². The Balaban J connectivity index is 0.00000300. The smallest absolute Gasteiger partial charge is 0.463 e. The van der Waals surface area contributed by atoms with Gasteiger partial charge in [0.15, 0.2) is 11.5 Å². The molecule has 0 radical (unpaired) electrons. The molecule has 12 heteroatoms. The highest BCUT2D eigenvalue weighted by Crippen LogP contribution is 2.35. The summed E-state index contributed by atoms with van der Waals surface area (Å²) in [6.45, 7) is 0.936. The van der Waals surface area contributed by atoms with Crippen molar-refractivity contribution in [2.75, 3.05) is 18.9 Å². The standard InChI is InChI=1S/C17H22N5O5P.H3N/c18-15-14-16(22(12-19-14)9-4-5-10-27-28(23,24)25)21-17(20-15)26-11-8-13-6-2-1-3-7-13;/h1-3,6-7,12H,4-5,8-11H2,(H2,18,20,21)(H2,23,24,25);1H3. The monoisotopic (exact) mass is 424 g/mol. The van der Waals surface area contributed by atoms with E-state index in [4.69, 9.17) is 20.3 Å². The molecule has 0 aliphatic carbocycles. The number of aromatic nitrogens is 4. The first-order chi connectivity index (χ1) is 13.4. The number of fused-ring (bicyclic) bond motifs is 1. The lowest BCUT2D eigenvalue weighted by molar-refractivity contribution is 0.193. The number of aryl methyl sites for hydroxylation is 1. The predicted octanol–water partition coefficient (Wildman–Crippen LogP) is 2.08. The van der Waals surface area contributed by atoms with Gasteiger partial charge in [0.1, 0.15) is 5.52 Å². The third kappa shape index (κ3) is 6.77. The number of phosphoric acid groups is 1. The number of rotatable bonds is 10. The molecule has 3 rings (SSSR count). The Bertz CT molecular complexity index is 962. The van der Waals surface area contributed by atoms with E-state index in [0.717, 1.165) is 12.0 Å². The average molecular weight is 424 g/mol. The van der Waals surface area contributed by atoms with Gasteiger partial charge < -0.3 is 31.0 Å². The van der Waals surface area contributed by atoms with Gasteiger partial charge in [-0.1, -0.05) is 30.3 Å². The molecule has 0 spiro atoms. The summed E-state index contributed by atoms with van der Waals surface area (Å²) >= 11 is 0. The van der Waals surface area contributed by atoms with Gasteiger partial charge in [0, 0.05) is 13.0 Å². The van der Waals surface area contributed by atoms with Crippen LogP contribution >= 0.6 is 7.82 Å². The van der Waals surface area contributed by atoms with Crippen molar-refractivity contribution >= 4 is 24.8 Å². The fourth-order valence-electron chi connectivity index (χ4n) is 2.65. The molecule has 7 N–H and O–H groups in total. The van der Waals surface area contributed by atoms with Crippen molar-refractivity contribution < 1.29 is 23.6 Å². The van der Waals surface area contributed by atoms with E-state index in [1.54, 1.807) is 10.9 Å². The number of hydrogen-bond acceptors (Lipinski definition) is 8. The molecule has 158 valence electrons. The molecule has 0 saturated heterocycles. The van der Waals surface area contributed by atoms with Crippen molar-refractivity contribution in [1.82, 2.24) is 25.7 Å². The molecule has 0 unspecified atom stereocenters.